The van der Waals surface area contributed by atoms with Crippen LogP contribution in [0.4, 0.5) is 0 Å². The molecule has 92 valence electrons. The number of allylic oxidation sites excluding steroid dienone is 2. The van der Waals surface area contributed by atoms with Crippen LogP contribution in [0, 0.1) is 23.7 Å². The second-order valence-corrected chi connectivity index (χ2v) is 3.83. The van der Waals surface area contributed by atoms with E-state index in [-0.39, 0.29) is 0 Å². The van der Waals surface area contributed by atoms with E-state index < -0.39 is 0 Å². The average Bonchev–Trinajstić information content (AvgIpc) is 2.42. The highest BCUT2D eigenvalue weighted by Crippen LogP contribution is 2.00. The van der Waals surface area contributed by atoms with Crippen molar-refractivity contribution in [3.8, 4) is 23.7 Å². The maximum Gasteiger partial charge on any atom is 0.131 e. The Morgan fingerprint density at radius 3 is 2.78 bits per heavy atom. The minimum Gasteiger partial charge on any atom is -0.260 e. The van der Waals surface area contributed by atoms with Gasteiger partial charge in [-0.1, -0.05) is 43.9 Å². The summed E-state index contributed by atoms with van der Waals surface area (Å²) in [6.07, 6.45) is 14.4. The molecule has 1 rings (SSSR count). The summed E-state index contributed by atoms with van der Waals surface area (Å²) < 4.78 is 0. The quantitative estimate of drug-likeness (QED) is 0.594. The van der Waals surface area contributed by atoms with E-state index in [2.05, 4.69) is 40.6 Å². The summed E-state index contributed by atoms with van der Waals surface area (Å²) in [4.78, 5) is 7.98. The molecular weight excluding hydrogens is 220 g/mol. The first-order valence-corrected chi connectivity index (χ1v) is 6.34. The van der Waals surface area contributed by atoms with Crippen molar-refractivity contribution in [3.63, 3.8) is 0 Å². The van der Waals surface area contributed by atoms with Gasteiger partial charge < -0.3 is 0 Å². The topological polar surface area (TPSA) is 25.8 Å². The van der Waals surface area contributed by atoms with Gasteiger partial charge >= 0.3 is 0 Å². The second-order valence-electron chi connectivity index (χ2n) is 3.83. The molecule has 0 N–H and O–H groups in total. The van der Waals surface area contributed by atoms with Crippen LogP contribution in [-0.4, -0.2) is 9.97 Å². The summed E-state index contributed by atoms with van der Waals surface area (Å²) in [7, 11) is 0. The first-order valence-electron chi connectivity index (χ1n) is 6.34. The van der Waals surface area contributed by atoms with Gasteiger partial charge in [0.15, 0.2) is 0 Å². The number of hydrogen-bond acceptors (Lipinski definition) is 2. The fourth-order valence-electron chi connectivity index (χ4n) is 1.33. The van der Waals surface area contributed by atoms with Gasteiger partial charge in [0.25, 0.3) is 0 Å². The van der Waals surface area contributed by atoms with Crippen LogP contribution in [0.2, 0.25) is 0 Å². The molecule has 0 saturated heterocycles. The van der Waals surface area contributed by atoms with Crippen molar-refractivity contribution in [2.24, 2.45) is 0 Å². The van der Waals surface area contributed by atoms with E-state index in [1.165, 1.54) is 25.7 Å². The third-order valence-electron chi connectivity index (χ3n) is 2.27. The Balaban J connectivity index is 2.22. The zero-order valence-corrected chi connectivity index (χ0v) is 10.8. The zero-order chi connectivity index (χ0) is 12.9. The van der Waals surface area contributed by atoms with Crippen molar-refractivity contribution in [3.05, 3.63) is 36.4 Å². The van der Waals surface area contributed by atoms with Gasteiger partial charge in [-0.2, -0.15) is 0 Å². The van der Waals surface area contributed by atoms with Crippen molar-refractivity contribution in [1.29, 1.82) is 0 Å². The van der Waals surface area contributed by atoms with E-state index >= 15 is 0 Å². The van der Waals surface area contributed by atoms with E-state index in [1.54, 1.807) is 30.7 Å². The summed E-state index contributed by atoms with van der Waals surface area (Å²) in [6, 6.07) is 0. The minimum absolute atomic E-state index is 0.676. The van der Waals surface area contributed by atoms with Crippen molar-refractivity contribution >= 4 is 0 Å². The number of rotatable bonds is 4. The van der Waals surface area contributed by atoms with Crippen LogP contribution in [0.25, 0.3) is 0 Å². The third-order valence-corrected chi connectivity index (χ3v) is 2.27. The zero-order valence-electron chi connectivity index (χ0n) is 10.8. The SMILES string of the molecule is CCCCCCC#CC=CC#Cc1cnccn1. The third kappa shape index (κ3) is 7.25. The molecule has 0 saturated carbocycles. The van der Waals surface area contributed by atoms with Gasteiger partial charge in [0.1, 0.15) is 5.69 Å². The predicted octanol–water partition coefficient (Wildman–Crippen LogP) is 3.36. The van der Waals surface area contributed by atoms with Crippen LogP contribution in [0.1, 0.15) is 44.7 Å². The van der Waals surface area contributed by atoms with Gasteiger partial charge in [-0.05, 0) is 24.5 Å². The maximum absolute atomic E-state index is 4.05. The van der Waals surface area contributed by atoms with E-state index in [9.17, 15) is 0 Å². The molecule has 0 unspecified atom stereocenters. The maximum atomic E-state index is 4.05. The standard InChI is InChI=1S/C16H18N2/c1-2-3-4-5-6-7-8-9-10-11-12-16-15-17-13-14-18-16/h9-10,13-15H,2-6H2,1H3. The molecule has 2 nitrogen and oxygen atoms in total. The summed E-state index contributed by atoms with van der Waals surface area (Å²) in [5, 5.41) is 0. The minimum atomic E-state index is 0.676. The van der Waals surface area contributed by atoms with Gasteiger partial charge in [-0.15, -0.1) is 0 Å². The number of hydrogen-bond donors (Lipinski definition) is 0. The number of aromatic nitrogens is 2. The average molecular weight is 238 g/mol. The van der Waals surface area contributed by atoms with Gasteiger partial charge in [0, 0.05) is 18.8 Å². The van der Waals surface area contributed by atoms with E-state index in [0.29, 0.717) is 5.69 Å². The molecule has 0 spiro atoms. The molecule has 0 aliphatic rings. The summed E-state index contributed by atoms with van der Waals surface area (Å²) in [6.45, 7) is 2.21. The van der Waals surface area contributed by atoms with Crippen LogP contribution in [-0.2, 0) is 0 Å². The number of nitrogens with zero attached hydrogens (tertiary/aromatic N) is 2. The predicted molar refractivity (Wildman–Crippen MR) is 74.6 cm³/mol. The van der Waals surface area contributed by atoms with Gasteiger partial charge in [0.2, 0.25) is 0 Å². The summed E-state index contributed by atoms with van der Waals surface area (Å²) in [5.41, 5.74) is 0.676. The largest absolute Gasteiger partial charge is 0.260 e. The van der Waals surface area contributed by atoms with Crippen molar-refractivity contribution in [2.45, 2.75) is 39.0 Å². The molecule has 1 aromatic rings. The Morgan fingerprint density at radius 2 is 2.00 bits per heavy atom. The van der Waals surface area contributed by atoms with Crippen LogP contribution >= 0.6 is 0 Å². The lowest BCUT2D eigenvalue weighted by molar-refractivity contribution is 0.679. The molecule has 1 heterocycles. The Kier molecular flexibility index (Phi) is 7.87. The van der Waals surface area contributed by atoms with Crippen LogP contribution in [0.15, 0.2) is 30.7 Å². The highest BCUT2D eigenvalue weighted by molar-refractivity contribution is 5.32. The Labute approximate surface area is 110 Å². The van der Waals surface area contributed by atoms with Crippen LogP contribution in [0.5, 0.6) is 0 Å². The second kappa shape index (κ2) is 10.1. The van der Waals surface area contributed by atoms with Crippen LogP contribution < -0.4 is 0 Å². The lowest BCUT2D eigenvalue weighted by Crippen LogP contribution is -1.80. The van der Waals surface area contributed by atoms with Crippen molar-refractivity contribution in [1.82, 2.24) is 9.97 Å². The molecule has 0 amide bonds. The Hall–Kier alpha value is -2.06. The van der Waals surface area contributed by atoms with Crippen molar-refractivity contribution in [2.75, 3.05) is 0 Å². The van der Waals surface area contributed by atoms with E-state index in [0.717, 1.165) is 6.42 Å². The van der Waals surface area contributed by atoms with E-state index in [1.807, 2.05) is 0 Å². The van der Waals surface area contributed by atoms with Gasteiger partial charge in [-0.25, -0.2) is 4.98 Å². The molecule has 0 aromatic carbocycles. The smallest absolute Gasteiger partial charge is 0.131 e. The normalized spacial score (nSPS) is 9.39. The molecule has 2 heteroatoms. The molecule has 0 aliphatic carbocycles. The molecule has 1 aromatic heterocycles. The fourth-order valence-corrected chi connectivity index (χ4v) is 1.33. The number of unbranched alkanes of at least 4 members (excludes halogenated alkanes) is 4. The summed E-state index contributed by atoms with van der Waals surface area (Å²) >= 11 is 0. The lowest BCUT2D eigenvalue weighted by Gasteiger charge is -1.91. The Bertz CT molecular complexity index is 467. The molecular formula is C16H18N2. The first kappa shape index (κ1) is 14.0. The summed E-state index contributed by atoms with van der Waals surface area (Å²) in [5.74, 6) is 11.9. The van der Waals surface area contributed by atoms with Gasteiger partial charge in [-0.3, -0.25) is 4.98 Å². The molecule has 0 atom stereocenters. The van der Waals surface area contributed by atoms with Crippen LogP contribution in [0.3, 0.4) is 0 Å². The first-order chi connectivity index (χ1) is 8.93. The molecule has 0 bridgehead atoms. The fraction of sp³-hybridized carbons (Fsp3) is 0.375. The molecule has 0 aliphatic heterocycles. The van der Waals surface area contributed by atoms with Gasteiger partial charge in [0.05, 0.1) is 6.20 Å². The molecule has 0 fully saturated rings. The molecule has 0 radical (unpaired) electrons. The van der Waals surface area contributed by atoms with E-state index in [4.69, 9.17) is 0 Å². The lowest BCUT2D eigenvalue weighted by atomic mass is 10.2. The molecule has 18 heavy (non-hydrogen) atoms. The Morgan fingerprint density at radius 1 is 1.11 bits per heavy atom. The monoisotopic (exact) mass is 238 g/mol. The highest BCUT2D eigenvalue weighted by Gasteiger charge is 1.83. The highest BCUT2D eigenvalue weighted by atomic mass is 14.7. The van der Waals surface area contributed by atoms with Crippen molar-refractivity contribution < 1.29 is 0 Å².